The summed E-state index contributed by atoms with van der Waals surface area (Å²) in [6, 6.07) is 19.9. The van der Waals surface area contributed by atoms with Gasteiger partial charge in [0.2, 0.25) is 11.8 Å². The average molecular weight is 423 g/mol. The second-order valence-electron chi connectivity index (χ2n) is 8.47. The maximum atomic E-state index is 13.1. The molecule has 1 aliphatic heterocycles. The van der Waals surface area contributed by atoms with E-state index in [0.29, 0.717) is 6.54 Å². The summed E-state index contributed by atoms with van der Waals surface area (Å²) in [5, 5.41) is 6.19. The van der Waals surface area contributed by atoms with Crippen molar-refractivity contribution in [2.24, 2.45) is 0 Å². The Morgan fingerprint density at radius 3 is 1.81 bits per heavy atom. The van der Waals surface area contributed by atoms with Crippen molar-refractivity contribution in [3.05, 3.63) is 71.8 Å². The van der Waals surface area contributed by atoms with E-state index in [2.05, 4.69) is 20.4 Å². The van der Waals surface area contributed by atoms with E-state index in [1.165, 1.54) is 0 Å². The van der Waals surface area contributed by atoms with Crippen LogP contribution >= 0.6 is 0 Å². The van der Waals surface area contributed by atoms with Gasteiger partial charge < -0.3 is 10.6 Å². The van der Waals surface area contributed by atoms with Crippen molar-refractivity contribution < 1.29 is 9.59 Å². The highest BCUT2D eigenvalue weighted by atomic mass is 16.2. The first-order chi connectivity index (χ1) is 14.9. The van der Waals surface area contributed by atoms with Gasteiger partial charge in [0.25, 0.3) is 0 Å². The Hall–Kier alpha value is -2.70. The number of piperazine rings is 1. The fourth-order valence-electron chi connectivity index (χ4n) is 3.96. The van der Waals surface area contributed by atoms with Crippen molar-refractivity contribution in [2.75, 3.05) is 32.7 Å². The summed E-state index contributed by atoms with van der Waals surface area (Å²) in [4.78, 5) is 29.5. The zero-order valence-corrected chi connectivity index (χ0v) is 18.8. The van der Waals surface area contributed by atoms with Crippen molar-refractivity contribution in [3.8, 4) is 0 Å². The SMILES string of the molecule is CC(C)NC(=O)CN1CCN(C(C)C(=O)NC(c2ccccc2)c2ccccc2)CC1. The Kier molecular flexibility index (Phi) is 8.20. The molecule has 2 aromatic rings. The highest BCUT2D eigenvalue weighted by Gasteiger charge is 2.28. The Labute approximate surface area is 185 Å². The number of carbonyl (C=O) groups excluding carboxylic acids is 2. The van der Waals surface area contributed by atoms with E-state index in [9.17, 15) is 9.59 Å². The van der Waals surface area contributed by atoms with Crippen LogP contribution in [0.1, 0.15) is 37.9 Å². The van der Waals surface area contributed by atoms with Gasteiger partial charge in [-0.25, -0.2) is 0 Å². The zero-order valence-electron chi connectivity index (χ0n) is 18.8. The van der Waals surface area contributed by atoms with Crippen LogP contribution in [0.15, 0.2) is 60.7 Å². The van der Waals surface area contributed by atoms with Gasteiger partial charge in [0.15, 0.2) is 0 Å². The summed E-state index contributed by atoms with van der Waals surface area (Å²) >= 11 is 0. The lowest BCUT2D eigenvalue weighted by Gasteiger charge is -2.37. The number of hydrogen-bond acceptors (Lipinski definition) is 4. The van der Waals surface area contributed by atoms with E-state index in [0.717, 1.165) is 37.3 Å². The van der Waals surface area contributed by atoms with Gasteiger partial charge in [0.05, 0.1) is 18.6 Å². The Morgan fingerprint density at radius 2 is 1.32 bits per heavy atom. The van der Waals surface area contributed by atoms with Gasteiger partial charge in [-0.3, -0.25) is 19.4 Å². The molecular formula is C25H34N4O2. The van der Waals surface area contributed by atoms with Crippen LogP contribution in [0.5, 0.6) is 0 Å². The number of rotatable bonds is 8. The summed E-state index contributed by atoms with van der Waals surface area (Å²) < 4.78 is 0. The number of hydrogen-bond donors (Lipinski definition) is 2. The molecule has 3 rings (SSSR count). The molecule has 31 heavy (non-hydrogen) atoms. The minimum atomic E-state index is -0.235. The molecule has 6 nitrogen and oxygen atoms in total. The largest absolute Gasteiger partial charge is 0.353 e. The fraction of sp³-hybridized carbons (Fsp3) is 0.440. The van der Waals surface area contributed by atoms with Crippen LogP contribution in [0.4, 0.5) is 0 Å². The Bertz CT molecular complexity index is 794. The van der Waals surface area contributed by atoms with E-state index >= 15 is 0 Å². The lowest BCUT2D eigenvalue weighted by Crippen LogP contribution is -2.55. The van der Waals surface area contributed by atoms with Gasteiger partial charge in [0.1, 0.15) is 0 Å². The van der Waals surface area contributed by atoms with Gasteiger partial charge in [-0.2, -0.15) is 0 Å². The van der Waals surface area contributed by atoms with E-state index in [1.54, 1.807) is 0 Å². The molecule has 2 amide bonds. The number of nitrogens with one attached hydrogen (secondary N) is 2. The fourth-order valence-corrected chi connectivity index (χ4v) is 3.96. The molecule has 0 saturated carbocycles. The van der Waals surface area contributed by atoms with Crippen molar-refractivity contribution in [3.63, 3.8) is 0 Å². The zero-order chi connectivity index (χ0) is 22.2. The predicted octanol–water partition coefficient (Wildman–Crippen LogP) is 2.42. The number of amides is 2. The van der Waals surface area contributed by atoms with E-state index in [4.69, 9.17) is 0 Å². The molecule has 0 aliphatic carbocycles. The third-order valence-electron chi connectivity index (χ3n) is 5.70. The third kappa shape index (κ3) is 6.64. The molecule has 0 radical (unpaired) electrons. The van der Waals surface area contributed by atoms with Crippen molar-refractivity contribution >= 4 is 11.8 Å². The molecule has 6 heteroatoms. The van der Waals surface area contributed by atoms with Crippen LogP contribution in [0.25, 0.3) is 0 Å². The average Bonchev–Trinajstić information content (AvgIpc) is 2.78. The quantitative estimate of drug-likeness (QED) is 0.686. The number of nitrogens with zero attached hydrogens (tertiary/aromatic N) is 2. The molecule has 0 bridgehead atoms. The highest BCUT2D eigenvalue weighted by Crippen LogP contribution is 2.22. The maximum Gasteiger partial charge on any atom is 0.237 e. The molecule has 1 unspecified atom stereocenters. The van der Waals surface area contributed by atoms with Crippen molar-refractivity contribution in [2.45, 2.75) is 38.9 Å². The second kappa shape index (κ2) is 11.1. The second-order valence-corrected chi connectivity index (χ2v) is 8.47. The topological polar surface area (TPSA) is 64.7 Å². The minimum Gasteiger partial charge on any atom is -0.353 e. The first-order valence-electron chi connectivity index (χ1n) is 11.1. The number of benzene rings is 2. The van der Waals surface area contributed by atoms with Crippen LogP contribution < -0.4 is 10.6 Å². The van der Waals surface area contributed by atoms with Crippen molar-refractivity contribution in [1.82, 2.24) is 20.4 Å². The van der Waals surface area contributed by atoms with Crippen LogP contribution in [-0.4, -0.2) is 66.4 Å². The summed E-state index contributed by atoms with van der Waals surface area (Å²) in [7, 11) is 0. The highest BCUT2D eigenvalue weighted by molar-refractivity contribution is 5.82. The smallest absolute Gasteiger partial charge is 0.237 e. The predicted molar refractivity (Wildman–Crippen MR) is 124 cm³/mol. The van der Waals surface area contributed by atoms with Crippen LogP contribution in [0.2, 0.25) is 0 Å². The molecule has 1 aliphatic rings. The monoisotopic (exact) mass is 422 g/mol. The molecule has 1 heterocycles. The summed E-state index contributed by atoms with van der Waals surface area (Å²) in [5.41, 5.74) is 2.13. The minimum absolute atomic E-state index is 0.0173. The molecule has 1 atom stereocenters. The van der Waals surface area contributed by atoms with Gasteiger partial charge >= 0.3 is 0 Å². The van der Waals surface area contributed by atoms with E-state index in [1.807, 2.05) is 81.4 Å². The van der Waals surface area contributed by atoms with Crippen LogP contribution in [-0.2, 0) is 9.59 Å². The van der Waals surface area contributed by atoms with Crippen molar-refractivity contribution in [1.29, 1.82) is 0 Å². The van der Waals surface area contributed by atoms with Crippen LogP contribution in [0.3, 0.4) is 0 Å². The lowest BCUT2D eigenvalue weighted by atomic mass is 9.98. The summed E-state index contributed by atoms with van der Waals surface area (Å²) in [6.45, 7) is 9.41. The molecule has 0 aromatic heterocycles. The first kappa shape index (κ1) is 23.0. The number of carbonyl (C=O) groups is 2. The molecule has 166 valence electrons. The molecular weight excluding hydrogens is 388 g/mol. The van der Waals surface area contributed by atoms with Gasteiger partial charge in [-0.05, 0) is 31.9 Å². The maximum absolute atomic E-state index is 13.1. The summed E-state index contributed by atoms with van der Waals surface area (Å²) in [6.07, 6.45) is 0. The third-order valence-corrected chi connectivity index (χ3v) is 5.70. The molecule has 0 spiro atoms. The van der Waals surface area contributed by atoms with E-state index in [-0.39, 0.29) is 29.9 Å². The molecule has 2 aromatic carbocycles. The molecule has 1 fully saturated rings. The van der Waals surface area contributed by atoms with E-state index < -0.39 is 0 Å². The first-order valence-corrected chi connectivity index (χ1v) is 11.1. The summed E-state index contributed by atoms with van der Waals surface area (Å²) in [5.74, 6) is 0.0755. The Balaban J connectivity index is 1.58. The lowest BCUT2D eigenvalue weighted by molar-refractivity contribution is -0.128. The van der Waals surface area contributed by atoms with Gasteiger partial charge in [-0.1, -0.05) is 60.7 Å². The standard InChI is InChI=1S/C25H34N4O2/c1-19(2)26-23(30)18-28-14-16-29(17-15-28)20(3)25(31)27-24(21-10-6-4-7-11-21)22-12-8-5-9-13-22/h4-13,19-20,24H,14-18H2,1-3H3,(H,26,30)(H,27,31). The van der Waals surface area contributed by atoms with Gasteiger partial charge in [-0.15, -0.1) is 0 Å². The molecule has 1 saturated heterocycles. The normalized spacial score (nSPS) is 16.3. The Morgan fingerprint density at radius 1 is 0.806 bits per heavy atom. The van der Waals surface area contributed by atoms with Gasteiger partial charge in [0, 0.05) is 32.2 Å². The van der Waals surface area contributed by atoms with Crippen LogP contribution in [0, 0.1) is 0 Å². The molecule has 2 N–H and O–H groups in total.